The van der Waals surface area contributed by atoms with Crippen molar-refractivity contribution in [3.63, 3.8) is 0 Å². The third kappa shape index (κ3) is 4.21. The Kier molecular flexibility index (Phi) is 6.77. The first-order valence-electron chi connectivity index (χ1n) is 5.91. The molecule has 0 bridgehead atoms. The van der Waals surface area contributed by atoms with Crippen LogP contribution < -0.4 is 0 Å². The van der Waals surface area contributed by atoms with Gasteiger partial charge in [-0.25, -0.2) is 0 Å². The van der Waals surface area contributed by atoms with E-state index in [0.717, 1.165) is 12.8 Å². The third-order valence-corrected chi connectivity index (χ3v) is 3.01. The highest BCUT2D eigenvalue weighted by Gasteiger charge is 2.38. The number of carboxylic acids is 1. The van der Waals surface area contributed by atoms with Crippen LogP contribution >= 0.6 is 0 Å². The van der Waals surface area contributed by atoms with Gasteiger partial charge in [0.25, 0.3) is 0 Å². The van der Waals surface area contributed by atoms with Crippen LogP contribution in [0.25, 0.3) is 0 Å². The molecule has 94 valence electrons. The summed E-state index contributed by atoms with van der Waals surface area (Å²) in [6, 6.07) is 0. The number of carboxylic acid groups (broad SMARTS) is 1. The van der Waals surface area contributed by atoms with Gasteiger partial charge in [0.05, 0.1) is 18.4 Å². The molecule has 0 aromatic heterocycles. The molecule has 0 heterocycles. The lowest BCUT2D eigenvalue weighted by Crippen LogP contribution is -2.34. The van der Waals surface area contributed by atoms with Crippen LogP contribution in [0.2, 0.25) is 0 Å². The smallest absolute Gasteiger partial charge is 0.312 e. The Morgan fingerprint density at radius 2 is 1.75 bits per heavy atom. The number of esters is 1. The third-order valence-electron chi connectivity index (χ3n) is 3.01. The number of hydrogen-bond acceptors (Lipinski definition) is 3. The molecule has 0 amide bonds. The first-order chi connectivity index (χ1) is 7.52. The molecule has 4 heteroatoms. The zero-order valence-electron chi connectivity index (χ0n) is 10.4. The summed E-state index contributed by atoms with van der Waals surface area (Å²) in [5.74, 6) is -1.32. The molecule has 0 aliphatic heterocycles. The Hall–Kier alpha value is -1.06. The van der Waals surface area contributed by atoms with Crippen molar-refractivity contribution in [2.24, 2.45) is 5.41 Å². The molecule has 0 aliphatic rings. The molecule has 0 unspecified atom stereocenters. The molecule has 0 fully saturated rings. The van der Waals surface area contributed by atoms with Crippen LogP contribution in [0.4, 0.5) is 0 Å². The van der Waals surface area contributed by atoms with Gasteiger partial charge in [0.1, 0.15) is 0 Å². The maximum atomic E-state index is 11.9. The van der Waals surface area contributed by atoms with Crippen molar-refractivity contribution < 1.29 is 19.4 Å². The predicted octanol–water partition coefficient (Wildman–Crippen LogP) is 2.61. The SMILES string of the molecule is CCCCOC(=O)C(CC)(CC)CC(=O)O. The Bertz CT molecular complexity index is 231. The standard InChI is InChI=1S/C12H22O4/c1-4-7-8-16-11(15)12(5-2,6-3)9-10(13)14/h4-9H2,1-3H3,(H,13,14). The van der Waals surface area contributed by atoms with E-state index in [-0.39, 0.29) is 12.4 Å². The van der Waals surface area contributed by atoms with Crippen molar-refractivity contribution in [2.45, 2.75) is 52.9 Å². The molecule has 1 N–H and O–H groups in total. The summed E-state index contributed by atoms with van der Waals surface area (Å²) in [7, 11) is 0. The molecule has 0 aromatic rings. The first kappa shape index (κ1) is 14.9. The second-order valence-corrected chi connectivity index (χ2v) is 4.05. The van der Waals surface area contributed by atoms with Gasteiger partial charge in [-0.15, -0.1) is 0 Å². The largest absolute Gasteiger partial charge is 0.481 e. The number of carbonyl (C=O) groups excluding carboxylic acids is 1. The lowest BCUT2D eigenvalue weighted by atomic mass is 9.79. The van der Waals surface area contributed by atoms with E-state index in [9.17, 15) is 9.59 Å². The molecule has 4 nitrogen and oxygen atoms in total. The Morgan fingerprint density at radius 1 is 1.19 bits per heavy atom. The van der Waals surface area contributed by atoms with Crippen LogP contribution in [0, 0.1) is 5.41 Å². The van der Waals surface area contributed by atoms with E-state index in [1.54, 1.807) is 0 Å². The highest BCUT2D eigenvalue weighted by atomic mass is 16.5. The van der Waals surface area contributed by atoms with Gasteiger partial charge in [-0.3, -0.25) is 9.59 Å². The molecule has 0 saturated heterocycles. The average molecular weight is 230 g/mol. The highest BCUT2D eigenvalue weighted by molar-refractivity contribution is 5.82. The Morgan fingerprint density at radius 3 is 2.12 bits per heavy atom. The molecule has 0 saturated carbocycles. The van der Waals surface area contributed by atoms with E-state index in [4.69, 9.17) is 9.84 Å². The van der Waals surface area contributed by atoms with Crippen LogP contribution in [0.15, 0.2) is 0 Å². The summed E-state index contributed by atoms with van der Waals surface area (Å²) < 4.78 is 5.13. The van der Waals surface area contributed by atoms with Crippen molar-refractivity contribution in [1.82, 2.24) is 0 Å². The number of hydrogen-bond donors (Lipinski definition) is 1. The van der Waals surface area contributed by atoms with Crippen LogP contribution in [0.5, 0.6) is 0 Å². The van der Waals surface area contributed by atoms with Gasteiger partial charge in [-0.1, -0.05) is 27.2 Å². The quantitative estimate of drug-likeness (QED) is 0.514. The Balaban J connectivity index is 4.49. The summed E-state index contributed by atoms with van der Waals surface area (Å²) in [5.41, 5.74) is -0.848. The van der Waals surface area contributed by atoms with Crippen molar-refractivity contribution in [3.05, 3.63) is 0 Å². The van der Waals surface area contributed by atoms with E-state index >= 15 is 0 Å². The van der Waals surface area contributed by atoms with Gasteiger partial charge in [0.15, 0.2) is 0 Å². The predicted molar refractivity (Wildman–Crippen MR) is 61.1 cm³/mol. The summed E-state index contributed by atoms with van der Waals surface area (Å²) in [6.45, 7) is 6.05. The van der Waals surface area contributed by atoms with Crippen LogP contribution in [0.3, 0.4) is 0 Å². The number of carbonyl (C=O) groups is 2. The number of rotatable bonds is 8. The van der Waals surface area contributed by atoms with Gasteiger partial charge in [-0.05, 0) is 19.3 Å². The van der Waals surface area contributed by atoms with E-state index in [0.29, 0.717) is 19.4 Å². The van der Waals surface area contributed by atoms with Gasteiger partial charge >= 0.3 is 11.9 Å². The van der Waals surface area contributed by atoms with Gasteiger partial charge in [0, 0.05) is 0 Å². The van der Waals surface area contributed by atoms with E-state index < -0.39 is 11.4 Å². The molecule has 0 rings (SSSR count). The van der Waals surface area contributed by atoms with Crippen LogP contribution in [-0.4, -0.2) is 23.7 Å². The minimum Gasteiger partial charge on any atom is -0.481 e. The topological polar surface area (TPSA) is 63.6 Å². The molecular formula is C12H22O4. The Labute approximate surface area is 97.0 Å². The van der Waals surface area contributed by atoms with Crippen LogP contribution in [0.1, 0.15) is 52.9 Å². The fraction of sp³-hybridized carbons (Fsp3) is 0.833. The summed E-state index contributed by atoms with van der Waals surface area (Å²) >= 11 is 0. The lowest BCUT2D eigenvalue weighted by molar-refractivity contribution is -0.161. The maximum Gasteiger partial charge on any atom is 0.312 e. The number of ether oxygens (including phenoxy) is 1. The molecule has 16 heavy (non-hydrogen) atoms. The van der Waals surface area contributed by atoms with Crippen molar-refractivity contribution in [3.8, 4) is 0 Å². The fourth-order valence-electron chi connectivity index (χ4n) is 1.61. The summed E-state index contributed by atoms with van der Waals surface area (Å²) in [6.07, 6.45) is 2.63. The molecule has 0 aliphatic carbocycles. The van der Waals surface area contributed by atoms with Crippen molar-refractivity contribution in [2.75, 3.05) is 6.61 Å². The lowest BCUT2D eigenvalue weighted by Gasteiger charge is -2.27. The monoisotopic (exact) mass is 230 g/mol. The molecule has 0 aromatic carbocycles. The number of unbranched alkanes of at least 4 members (excludes halogenated alkanes) is 1. The zero-order valence-corrected chi connectivity index (χ0v) is 10.4. The molecule has 0 spiro atoms. The fourth-order valence-corrected chi connectivity index (χ4v) is 1.61. The number of aliphatic carboxylic acids is 1. The van der Waals surface area contributed by atoms with E-state index in [1.165, 1.54) is 0 Å². The normalized spacial score (nSPS) is 11.2. The zero-order chi connectivity index (χ0) is 12.6. The summed E-state index contributed by atoms with van der Waals surface area (Å²) in [4.78, 5) is 22.6. The van der Waals surface area contributed by atoms with E-state index in [2.05, 4.69) is 0 Å². The van der Waals surface area contributed by atoms with Gasteiger partial charge in [0.2, 0.25) is 0 Å². The van der Waals surface area contributed by atoms with Crippen molar-refractivity contribution >= 4 is 11.9 Å². The molecule has 0 atom stereocenters. The second kappa shape index (κ2) is 7.25. The summed E-state index contributed by atoms with van der Waals surface area (Å²) in [5, 5.41) is 8.82. The van der Waals surface area contributed by atoms with E-state index in [1.807, 2.05) is 20.8 Å². The average Bonchev–Trinajstić information content (AvgIpc) is 2.25. The minimum absolute atomic E-state index is 0.148. The molecular weight excluding hydrogens is 208 g/mol. The second-order valence-electron chi connectivity index (χ2n) is 4.05. The molecule has 0 radical (unpaired) electrons. The first-order valence-corrected chi connectivity index (χ1v) is 5.91. The van der Waals surface area contributed by atoms with Crippen LogP contribution in [-0.2, 0) is 14.3 Å². The maximum absolute atomic E-state index is 11.9. The van der Waals surface area contributed by atoms with Gasteiger partial charge < -0.3 is 9.84 Å². The van der Waals surface area contributed by atoms with Gasteiger partial charge in [-0.2, -0.15) is 0 Å². The van der Waals surface area contributed by atoms with Crippen molar-refractivity contribution in [1.29, 1.82) is 0 Å². The highest BCUT2D eigenvalue weighted by Crippen LogP contribution is 2.32. The minimum atomic E-state index is -0.948.